The Bertz CT molecular complexity index is 335. The summed E-state index contributed by atoms with van der Waals surface area (Å²) in [6, 6.07) is 1.36. The van der Waals surface area contributed by atoms with E-state index in [0.717, 1.165) is 26.1 Å². The van der Waals surface area contributed by atoms with Crippen LogP contribution in [0.1, 0.15) is 73.1 Å². The van der Waals surface area contributed by atoms with E-state index in [0.29, 0.717) is 6.10 Å². The molecule has 2 saturated heterocycles. The zero-order valence-electron chi connectivity index (χ0n) is 15.5. The van der Waals surface area contributed by atoms with Gasteiger partial charge in [0.15, 0.2) is 0 Å². The van der Waals surface area contributed by atoms with Crippen LogP contribution in [0.3, 0.4) is 0 Å². The van der Waals surface area contributed by atoms with Crippen LogP contribution < -0.4 is 5.32 Å². The van der Waals surface area contributed by atoms with E-state index < -0.39 is 0 Å². The first-order chi connectivity index (χ1) is 10.2. The lowest BCUT2D eigenvalue weighted by Gasteiger charge is -2.46. The van der Waals surface area contributed by atoms with E-state index in [1.54, 1.807) is 0 Å². The van der Waals surface area contributed by atoms with Gasteiger partial charge in [-0.05, 0) is 73.1 Å². The molecule has 0 aromatic heterocycles. The van der Waals surface area contributed by atoms with E-state index in [4.69, 9.17) is 9.47 Å². The Kier molecular flexibility index (Phi) is 6.14. The second-order valence-corrected chi connectivity index (χ2v) is 11.7. The fourth-order valence-electron chi connectivity index (χ4n) is 4.39. The number of hydrogen-bond donors (Lipinski definition) is 1. The maximum absolute atomic E-state index is 6.22. The molecule has 2 aliphatic heterocycles. The van der Waals surface area contributed by atoms with E-state index in [2.05, 4.69) is 39.9 Å². The smallest absolute Gasteiger partial charge is 0.0609 e. The second-order valence-electron chi connectivity index (χ2n) is 9.01. The van der Waals surface area contributed by atoms with Crippen LogP contribution in [0.25, 0.3) is 0 Å². The lowest BCUT2D eigenvalue weighted by atomic mass is 9.81. The largest absolute Gasteiger partial charge is 0.379 e. The molecular weight excluding hydrogens is 290 g/mol. The van der Waals surface area contributed by atoms with Crippen molar-refractivity contribution in [1.82, 2.24) is 5.32 Å². The van der Waals surface area contributed by atoms with Crippen molar-refractivity contribution in [2.75, 3.05) is 13.2 Å². The molecule has 2 fully saturated rings. The van der Waals surface area contributed by atoms with Gasteiger partial charge in [0.2, 0.25) is 0 Å². The summed E-state index contributed by atoms with van der Waals surface area (Å²) in [7, 11) is -0.138. The number of nitrogens with one attached hydrogen (secondary N) is 1. The van der Waals surface area contributed by atoms with Crippen LogP contribution in [0, 0.1) is 0 Å². The Morgan fingerprint density at radius 1 is 1.09 bits per heavy atom. The number of piperidine rings is 1. The van der Waals surface area contributed by atoms with E-state index in [-0.39, 0.29) is 25.8 Å². The first-order valence-corrected chi connectivity index (χ1v) is 11.0. The van der Waals surface area contributed by atoms with Gasteiger partial charge in [0.1, 0.15) is 0 Å². The quantitative estimate of drug-likeness (QED) is 0.600. The van der Waals surface area contributed by atoms with Gasteiger partial charge in [0.05, 0.1) is 15.6 Å². The van der Waals surface area contributed by atoms with Crippen LogP contribution in [-0.2, 0) is 9.47 Å². The summed E-state index contributed by atoms with van der Waals surface area (Å²) >= 11 is 0. The molecule has 0 bridgehead atoms. The van der Waals surface area contributed by atoms with Gasteiger partial charge in [-0.15, -0.1) is 0 Å². The van der Waals surface area contributed by atoms with E-state index in [1.165, 1.54) is 31.7 Å². The minimum Gasteiger partial charge on any atom is -0.379 e. The fraction of sp³-hybridized carbons (Fsp3) is 1.00. The molecule has 0 aromatic carbocycles. The second kappa shape index (κ2) is 7.33. The van der Waals surface area contributed by atoms with Crippen molar-refractivity contribution >= 4 is 9.52 Å². The Hall–Kier alpha value is 0.0969. The summed E-state index contributed by atoms with van der Waals surface area (Å²) in [5.74, 6) is 0. The van der Waals surface area contributed by atoms with E-state index in [1.807, 2.05) is 0 Å². The third-order valence-corrected chi connectivity index (χ3v) is 7.63. The predicted octanol–water partition coefficient (Wildman–Crippen LogP) is 3.21. The van der Waals surface area contributed by atoms with E-state index >= 15 is 0 Å². The maximum Gasteiger partial charge on any atom is 0.0609 e. The zero-order chi connectivity index (χ0) is 16.3. The zero-order valence-corrected chi connectivity index (χ0v) is 16.9. The third-order valence-electron chi connectivity index (χ3n) is 5.16. The minimum atomic E-state index is -0.138. The number of hydrogen-bond acceptors (Lipinski definition) is 3. The van der Waals surface area contributed by atoms with Crippen molar-refractivity contribution in [2.24, 2.45) is 0 Å². The van der Waals surface area contributed by atoms with Gasteiger partial charge < -0.3 is 14.8 Å². The summed E-state index contributed by atoms with van der Waals surface area (Å²) in [5.41, 5.74) is 0.370. The normalized spacial score (nSPS) is 32.6. The monoisotopic (exact) mass is 327 g/mol. The van der Waals surface area contributed by atoms with Crippen molar-refractivity contribution in [3.05, 3.63) is 0 Å². The lowest BCUT2D eigenvalue weighted by Crippen LogP contribution is -2.59. The average Bonchev–Trinajstić information content (AvgIpc) is 2.35. The Balaban J connectivity index is 1.64. The van der Waals surface area contributed by atoms with Gasteiger partial charge in [-0.25, -0.2) is 0 Å². The van der Waals surface area contributed by atoms with Gasteiger partial charge in [-0.2, -0.15) is 0 Å². The molecule has 0 saturated carbocycles. The molecular formula is C18H37NO2Si. The van der Waals surface area contributed by atoms with Crippen molar-refractivity contribution in [1.29, 1.82) is 0 Å². The number of rotatable bonds is 6. The lowest BCUT2D eigenvalue weighted by molar-refractivity contribution is -0.0221. The third kappa shape index (κ3) is 5.95. The van der Waals surface area contributed by atoms with Crippen LogP contribution in [0.4, 0.5) is 0 Å². The summed E-state index contributed by atoms with van der Waals surface area (Å²) in [6.45, 7) is 13.4. The maximum atomic E-state index is 6.22. The topological polar surface area (TPSA) is 30.5 Å². The van der Waals surface area contributed by atoms with Crippen LogP contribution >= 0.6 is 0 Å². The molecule has 3 nitrogen and oxygen atoms in total. The van der Waals surface area contributed by atoms with Crippen LogP contribution in [0.15, 0.2) is 0 Å². The molecule has 22 heavy (non-hydrogen) atoms. The summed E-state index contributed by atoms with van der Waals surface area (Å²) in [4.78, 5) is 0. The van der Waals surface area contributed by atoms with Gasteiger partial charge in [-0.3, -0.25) is 0 Å². The molecule has 1 N–H and O–H groups in total. The Labute approximate surface area is 139 Å². The van der Waals surface area contributed by atoms with Crippen LogP contribution in [0.5, 0.6) is 0 Å². The van der Waals surface area contributed by atoms with Gasteiger partial charge in [0, 0.05) is 29.5 Å². The molecule has 1 atom stereocenters. The van der Waals surface area contributed by atoms with Gasteiger partial charge in [0.25, 0.3) is 0 Å². The average molecular weight is 328 g/mol. The summed E-state index contributed by atoms with van der Waals surface area (Å²) in [6.07, 6.45) is 7.78. The first kappa shape index (κ1) is 18.4. The van der Waals surface area contributed by atoms with E-state index in [9.17, 15) is 0 Å². The van der Waals surface area contributed by atoms with Gasteiger partial charge in [-0.1, -0.05) is 6.04 Å². The Morgan fingerprint density at radius 2 is 1.77 bits per heavy atom. The fourth-order valence-corrected chi connectivity index (χ4v) is 6.38. The highest BCUT2D eigenvalue weighted by atomic mass is 28.2. The minimum absolute atomic E-state index is 0.138. The standard InChI is InChI=1S/C18H37NO2Si/c1-16(2)13-15(14-17(3,4)19-16)20-10-8-12-22-18(5)9-6-7-11-21-18/h15,19H,6-14,22H2,1-5H3. The van der Waals surface area contributed by atoms with Crippen molar-refractivity contribution in [2.45, 2.75) is 102 Å². The predicted molar refractivity (Wildman–Crippen MR) is 96.4 cm³/mol. The summed E-state index contributed by atoms with van der Waals surface area (Å²) in [5, 5.41) is 4.00. The molecule has 0 spiro atoms. The highest BCUT2D eigenvalue weighted by molar-refractivity contribution is 6.39. The molecule has 0 amide bonds. The highest BCUT2D eigenvalue weighted by Crippen LogP contribution is 2.30. The Morgan fingerprint density at radius 3 is 2.36 bits per heavy atom. The van der Waals surface area contributed by atoms with Crippen molar-refractivity contribution < 1.29 is 9.47 Å². The highest BCUT2D eigenvalue weighted by Gasteiger charge is 2.38. The molecule has 2 rings (SSSR count). The van der Waals surface area contributed by atoms with Crippen LogP contribution in [-0.4, -0.2) is 45.1 Å². The van der Waals surface area contributed by atoms with Crippen molar-refractivity contribution in [3.63, 3.8) is 0 Å². The molecule has 0 aromatic rings. The molecule has 130 valence electrons. The molecule has 4 heteroatoms. The van der Waals surface area contributed by atoms with Gasteiger partial charge >= 0.3 is 0 Å². The summed E-state index contributed by atoms with van der Waals surface area (Å²) < 4.78 is 12.2. The van der Waals surface area contributed by atoms with Crippen molar-refractivity contribution in [3.8, 4) is 0 Å². The molecule has 0 radical (unpaired) electrons. The molecule has 2 aliphatic rings. The number of ether oxygens (including phenoxy) is 2. The SMILES string of the molecule is CC1(C)CC(OCCC[SiH2]C2(C)CCCCO2)CC(C)(C)N1. The molecule has 1 unspecified atom stereocenters. The molecule has 0 aliphatic carbocycles. The molecule has 2 heterocycles. The first-order valence-electron chi connectivity index (χ1n) is 9.25. The van der Waals surface area contributed by atoms with Crippen LogP contribution in [0.2, 0.25) is 6.04 Å².